The fourth-order valence-corrected chi connectivity index (χ4v) is 2.06. The maximum atomic E-state index is 12.0. The molecule has 1 fully saturated rings. The monoisotopic (exact) mass is 243 g/mol. The van der Waals surface area contributed by atoms with E-state index >= 15 is 0 Å². The van der Waals surface area contributed by atoms with Gasteiger partial charge in [0.25, 0.3) is 0 Å². The predicted octanol–water partition coefficient (Wildman–Crippen LogP) is 2.79. The highest BCUT2D eigenvalue weighted by molar-refractivity contribution is 6.42. The third kappa shape index (κ3) is 2.33. The van der Waals surface area contributed by atoms with E-state index in [9.17, 15) is 4.79 Å². The molecule has 1 aliphatic rings. The summed E-state index contributed by atoms with van der Waals surface area (Å²) in [5, 5.41) is 4.09. The van der Waals surface area contributed by atoms with Gasteiger partial charge in [-0.15, -0.1) is 0 Å². The second kappa shape index (κ2) is 4.52. The number of benzene rings is 1. The molecule has 1 heterocycles. The van der Waals surface area contributed by atoms with Crippen LogP contribution in [0.4, 0.5) is 0 Å². The maximum Gasteiger partial charge on any atom is 0.167 e. The summed E-state index contributed by atoms with van der Waals surface area (Å²) in [7, 11) is 0. The lowest BCUT2D eigenvalue weighted by Gasteiger charge is -2.07. The van der Waals surface area contributed by atoms with Gasteiger partial charge < -0.3 is 5.32 Å². The fourth-order valence-electron chi connectivity index (χ4n) is 1.76. The SMILES string of the molecule is O=C(c1ccc(Cl)c(Cl)c1)C1CCNC1. The number of nitrogens with one attached hydrogen (secondary N) is 1. The van der Waals surface area contributed by atoms with Gasteiger partial charge in [0.1, 0.15) is 0 Å². The molecule has 2 nitrogen and oxygen atoms in total. The van der Waals surface area contributed by atoms with E-state index < -0.39 is 0 Å². The highest BCUT2D eigenvalue weighted by Gasteiger charge is 2.23. The number of rotatable bonds is 2. The minimum Gasteiger partial charge on any atom is -0.316 e. The molecule has 0 saturated carbocycles. The summed E-state index contributed by atoms with van der Waals surface area (Å²) in [6, 6.07) is 5.04. The molecule has 1 unspecified atom stereocenters. The van der Waals surface area contributed by atoms with Gasteiger partial charge in [0.15, 0.2) is 5.78 Å². The number of halogens is 2. The molecule has 0 aliphatic carbocycles. The van der Waals surface area contributed by atoms with Crippen LogP contribution in [-0.2, 0) is 0 Å². The van der Waals surface area contributed by atoms with Crippen LogP contribution in [0.25, 0.3) is 0 Å². The fraction of sp³-hybridized carbons (Fsp3) is 0.364. The number of carbonyl (C=O) groups is 1. The number of hydrogen-bond donors (Lipinski definition) is 1. The molecule has 1 aliphatic heterocycles. The van der Waals surface area contributed by atoms with Gasteiger partial charge in [0, 0.05) is 18.0 Å². The number of Topliss-reactive ketones (excluding diaryl/α,β-unsaturated/α-hetero) is 1. The topological polar surface area (TPSA) is 29.1 Å². The second-order valence-corrected chi connectivity index (χ2v) is 4.50. The average Bonchev–Trinajstić information content (AvgIpc) is 2.74. The van der Waals surface area contributed by atoms with E-state index in [2.05, 4.69) is 5.32 Å². The molecule has 0 amide bonds. The third-order valence-electron chi connectivity index (χ3n) is 2.64. The molecule has 1 aromatic rings. The standard InChI is InChI=1S/C11H11Cl2NO/c12-9-2-1-7(5-10(9)13)11(15)8-3-4-14-6-8/h1-2,5,8,14H,3-4,6H2. The molecule has 1 aromatic carbocycles. The van der Waals surface area contributed by atoms with Crippen molar-refractivity contribution in [2.24, 2.45) is 5.92 Å². The summed E-state index contributed by atoms with van der Waals surface area (Å²) in [6.45, 7) is 1.68. The molecule has 15 heavy (non-hydrogen) atoms. The Balaban J connectivity index is 2.21. The number of ketones is 1. The van der Waals surface area contributed by atoms with Gasteiger partial charge in [-0.1, -0.05) is 23.2 Å². The molecule has 0 radical (unpaired) electrons. The summed E-state index contributed by atoms with van der Waals surface area (Å²) in [4.78, 5) is 12.0. The van der Waals surface area contributed by atoms with E-state index in [1.165, 1.54) is 0 Å². The van der Waals surface area contributed by atoms with E-state index in [1.807, 2.05) is 0 Å². The van der Waals surface area contributed by atoms with Crippen molar-refractivity contribution in [3.8, 4) is 0 Å². The van der Waals surface area contributed by atoms with Crippen molar-refractivity contribution >= 4 is 29.0 Å². The maximum absolute atomic E-state index is 12.0. The van der Waals surface area contributed by atoms with Gasteiger partial charge in [-0.3, -0.25) is 4.79 Å². The summed E-state index contributed by atoms with van der Waals surface area (Å²) in [5.74, 6) is 0.237. The molecule has 1 atom stereocenters. The minimum atomic E-state index is 0.0854. The van der Waals surface area contributed by atoms with Crippen LogP contribution in [0.2, 0.25) is 10.0 Å². The molecule has 0 aromatic heterocycles. The van der Waals surface area contributed by atoms with E-state index in [0.717, 1.165) is 19.5 Å². The normalized spacial score (nSPS) is 20.5. The van der Waals surface area contributed by atoms with Gasteiger partial charge in [0.2, 0.25) is 0 Å². The number of hydrogen-bond acceptors (Lipinski definition) is 2. The Hall–Kier alpha value is -0.570. The highest BCUT2D eigenvalue weighted by atomic mass is 35.5. The van der Waals surface area contributed by atoms with Crippen LogP contribution in [0.15, 0.2) is 18.2 Å². The Morgan fingerprint density at radius 1 is 1.33 bits per heavy atom. The number of carbonyl (C=O) groups excluding carboxylic acids is 1. The average molecular weight is 244 g/mol. The molecular weight excluding hydrogens is 233 g/mol. The van der Waals surface area contributed by atoms with Crippen LogP contribution < -0.4 is 5.32 Å². The first-order chi connectivity index (χ1) is 7.18. The van der Waals surface area contributed by atoms with Gasteiger partial charge >= 0.3 is 0 Å². The van der Waals surface area contributed by atoms with Crippen molar-refractivity contribution < 1.29 is 4.79 Å². The van der Waals surface area contributed by atoms with Crippen molar-refractivity contribution in [1.82, 2.24) is 5.32 Å². The van der Waals surface area contributed by atoms with Crippen molar-refractivity contribution in [3.63, 3.8) is 0 Å². The molecule has 0 bridgehead atoms. The van der Waals surface area contributed by atoms with Crippen molar-refractivity contribution in [2.75, 3.05) is 13.1 Å². The van der Waals surface area contributed by atoms with Crippen LogP contribution in [0.1, 0.15) is 16.8 Å². The van der Waals surface area contributed by atoms with Gasteiger partial charge in [-0.2, -0.15) is 0 Å². The molecular formula is C11H11Cl2NO. The van der Waals surface area contributed by atoms with E-state index in [4.69, 9.17) is 23.2 Å². The van der Waals surface area contributed by atoms with Gasteiger partial charge in [-0.25, -0.2) is 0 Å². The van der Waals surface area contributed by atoms with Crippen LogP contribution in [0.5, 0.6) is 0 Å². The van der Waals surface area contributed by atoms with Gasteiger partial charge in [0.05, 0.1) is 10.0 Å². The third-order valence-corrected chi connectivity index (χ3v) is 3.37. The molecule has 0 spiro atoms. The molecule has 1 saturated heterocycles. The van der Waals surface area contributed by atoms with Crippen LogP contribution in [0.3, 0.4) is 0 Å². The van der Waals surface area contributed by atoms with E-state index in [-0.39, 0.29) is 11.7 Å². The van der Waals surface area contributed by atoms with Crippen molar-refractivity contribution in [1.29, 1.82) is 0 Å². The van der Waals surface area contributed by atoms with Gasteiger partial charge in [-0.05, 0) is 31.2 Å². The lowest BCUT2D eigenvalue weighted by atomic mass is 9.97. The molecule has 4 heteroatoms. The van der Waals surface area contributed by atoms with Crippen LogP contribution in [-0.4, -0.2) is 18.9 Å². The van der Waals surface area contributed by atoms with Crippen molar-refractivity contribution in [2.45, 2.75) is 6.42 Å². The first kappa shape index (κ1) is 10.9. The first-order valence-electron chi connectivity index (χ1n) is 4.88. The lowest BCUT2D eigenvalue weighted by molar-refractivity contribution is 0.0930. The molecule has 80 valence electrons. The zero-order valence-corrected chi connectivity index (χ0v) is 9.61. The smallest absolute Gasteiger partial charge is 0.167 e. The predicted molar refractivity (Wildman–Crippen MR) is 61.8 cm³/mol. The van der Waals surface area contributed by atoms with Crippen LogP contribution >= 0.6 is 23.2 Å². The molecule has 2 rings (SSSR count). The Kier molecular flexibility index (Phi) is 3.29. The Bertz CT molecular complexity index is 386. The zero-order chi connectivity index (χ0) is 10.8. The summed E-state index contributed by atoms with van der Waals surface area (Å²) in [6.07, 6.45) is 0.902. The van der Waals surface area contributed by atoms with Crippen molar-refractivity contribution in [3.05, 3.63) is 33.8 Å². The quantitative estimate of drug-likeness (QED) is 0.810. The Labute approximate surface area is 98.6 Å². The zero-order valence-electron chi connectivity index (χ0n) is 8.09. The Morgan fingerprint density at radius 3 is 2.73 bits per heavy atom. The van der Waals surface area contributed by atoms with E-state index in [0.29, 0.717) is 15.6 Å². The van der Waals surface area contributed by atoms with Crippen LogP contribution in [0, 0.1) is 5.92 Å². The largest absolute Gasteiger partial charge is 0.316 e. The lowest BCUT2D eigenvalue weighted by Crippen LogP contribution is -2.17. The summed E-state index contributed by atoms with van der Waals surface area (Å²) < 4.78 is 0. The summed E-state index contributed by atoms with van der Waals surface area (Å²) >= 11 is 11.7. The summed E-state index contributed by atoms with van der Waals surface area (Å²) in [5.41, 5.74) is 0.651. The first-order valence-corrected chi connectivity index (χ1v) is 5.64. The Morgan fingerprint density at radius 2 is 2.13 bits per heavy atom. The molecule has 1 N–H and O–H groups in total. The highest BCUT2D eigenvalue weighted by Crippen LogP contribution is 2.24. The minimum absolute atomic E-state index is 0.0854. The van der Waals surface area contributed by atoms with E-state index in [1.54, 1.807) is 18.2 Å². The second-order valence-electron chi connectivity index (χ2n) is 3.68.